The molecule has 156 valence electrons. The summed E-state index contributed by atoms with van der Waals surface area (Å²) >= 11 is 13.2. The van der Waals surface area contributed by atoms with Crippen molar-refractivity contribution >= 4 is 52.5 Å². The topological polar surface area (TPSA) is 75.4 Å². The Balaban J connectivity index is 1.42. The monoisotopic (exact) mass is 463 g/mol. The van der Waals surface area contributed by atoms with Gasteiger partial charge < -0.3 is 14.6 Å². The molecule has 0 atom stereocenters. The van der Waals surface area contributed by atoms with Crippen LogP contribution in [0.1, 0.15) is 5.69 Å². The van der Waals surface area contributed by atoms with Gasteiger partial charge in [0.25, 0.3) is 0 Å². The second-order valence-electron chi connectivity index (χ2n) is 6.43. The summed E-state index contributed by atoms with van der Waals surface area (Å²) in [6.07, 6.45) is 1.59. The van der Waals surface area contributed by atoms with E-state index < -0.39 is 0 Å². The summed E-state index contributed by atoms with van der Waals surface area (Å²) in [4.78, 5) is 30.2. The Morgan fingerprint density at radius 1 is 1.13 bits per heavy atom. The molecule has 2 amide bonds. The number of likely N-dealkylation sites (N-methyl/N-ethyl adjacent to an activating group) is 1. The summed E-state index contributed by atoms with van der Waals surface area (Å²) in [6.45, 7) is -0.0677. The second kappa shape index (κ2) is 10.5. The molecular weight excluding hydrogens is 445 g/mol. The number of rotatable bonds is 8. The number of nitrogens with zero attached hydrogens (tertiary/aromatic N) is 2. The van der Waals surface area contributed by atoms with E-state index >= 15 is 0 Å². The molecular formula is C21H19Cl2N3O3S. The van der Waals surface area contributed by atoms with E-state index in [4.69, 9.17) is 27.6 Å². The van der Waals surface area contributed by atoms with Crippen molar-refractivity contribution in [2.45, 2.75) is 5.75 Å². The molecule has 1 N–H and O–H groups in total. The number of thioether (sulfide) groups is 1. The number of carbonyl (C=O) groups is 2. The van der Waals surface area contributed by atoms with E-state index in [2.05, 4.69) is 10.3 Å². The first kappa shape index (κ1) is 22.2. The van der Waals surface area contributed by atoms with Crippen molar-refractivity contribution in [3.8, 4) is 11.5 Å². The Hall–Kier alpha value is -2.48. The number of benzene rings is 2. The molecule has 0 aliphatic heterocycles. The number of amides is 2. The molecule has 9 heteroatoms. The van der Waals surface area contributed by atoms with E-state index in [0.717, 1.165) is 11.3 Å². The van der Waals surface area contributed by atoms with Gasteiger partial charge in [0, 0.05) is 24.1 Å². The SMILES string of the molecule is CN(CC(=O)Nc1ccc(Cl)c(Cl)c1)C(=O)CSCc1coc(-c2ccccc2)n1. The second-order valence-corrected chi connectivity index (χ2v) is 8.23. The number of oxazole rings is 1. The fourth-order valence-electron chi connectivity index (χ4n) is 2.52. The molecule has 0 saturated heterocycles. The zero-order chi connectivity index (χ0) is 21.5. The first-order valence-corrected chi connectivity index (χ1v) is 10.9. The highest BCUT2D eigenvalue weighted by atomic mass is 35.5. The maximum absolute atomic E-state index is 12.3. The molecule has 2 aromatic carbocycles. The standard InChI is InChI=1S/C21H19Cl2N3O3S/c1-26(10-19(27)24-15-7-8-17(22)18(23)9-15)20(28)13-30-12-16-11-29-21(25-16)14-5-3-2-4-6-14/h2-9,11H,10,12-13H2,1H3,(H,24,27). The number of nitrogens with one attached hydrogen (secondary N) is 1. The van der Waals surface area contributed by atoms with Crippen LogP contribution >= 0.6 is 35.0 Å². The Kier molecular flexibility index (Phi) is 7.79. The Bertz CT molecular complexity index is 1030. The Labute approximate surface area is 188 Å². The molecule has 0 radical (unpaired) electrons. The smallest absolute Gasteiger partial charge is 0.243 e. The molecule has 0 aliphatic carbocycles. The maximum Gasteiger partial charge on any atom is 0.243 e. The minimum absolute atomic E-state index is 0.0677. The number of hydrogen-bond acceptors (Lipinski definition) is 5. The van der Waals surface area contributed by atoms with Gasteiger partial charge in [-0.3, -0.25) is 9.59 Å². The van der Waals surface area contributed by atoms with Crippen molar-refractivity contribution in [1.29, 1.82) is 0 Å². The number of hydrogen-bond donors (Lipinski definition) is 1. The quantitative estimate of drug-likeness (QED) is 0.509. The third-order valence-corrected chi connectivity index (χ3v) is 5.75. The lowest BCUT2D eigenvalue weighted by atomic mass is 10.2. The third-order valence-electron chi connectivity index (χ3n) is 4.06. The van der Waals surface area contributed by atoms with E-state index in [1.807, 2.05) is 30.3 Å². The molecule has 0 bridgehead atoms. The summed E-state index contributed by atoms with van der Waals surface area (Å²) in [6, 6.07) is 14.4. The average molecular weight is 464 g/mol. The molecule has 0 spiro atoms. The lowest BCUT2D eigenvalue weighted by Crippen LogP contribution is -2.36. The number of aromatic nitrogens is 1. The lowest BCUT2D eigenvalue weighted by Gasteiger charge is -2.16. The van der Waals surface area contributed by atoms with E-state index in [1.165, 1.54) is 16.7 Å². The zero-order valence-corrected chi connectivity index (χ0v) is 18.4. The first-order chi connectivity index (χ1) is 14.4. The zero-order valence-electron chi connectivity index (χ0n) is 16.1. The van der Waals surface area contributed by atoms with Crippen LogP contribution in [0.25, 0.3) is 11.5 Å². The minimum atomic E-state index is -0.321. The van der Waals surface area contributed by atoms with Crippen LogP contribution in [0.15, 0.2) is 59.2 Å². The molecule has 1 heterocycles. The van der Waals surface area contributed by atoms with Crippen molar-refractivity contribution < 1.29 is 14.0 Å². The Morgan fingerprint density at radius 3 is 2.63 bits per heavy atom. The van der Waals surface area contributed by atoms with Crippen LogP contribution < -0.4 is 5.32 Å². The van der Waals surface area contributed by atoms with Gasteiger partial charge in [0.1, 0.15) is 6.26 Å². The highest BCUT2D eigenvalue weighted by Gasteiger charge is 2.14. The van der Waals surface area contributed by atoms with Crippen molar-refractivity contribution in [1.82, 2.24) is 9.88 Å². The predicted octanol–water partition coefficient (Wildman–Crippen LogP) is 4.98. The van der Waals surface area contributed by atoms with Crippen molar-refractivity contribution in [3.63, 3.8) is 0 Å². The highest BCUT2D eigenvalue weighted by Crippen LogP contribution is 2.25. The Morgan fingerprint density at radius 2 is 1.90 bits per heavy atom. The predicted molar refractivity (Wildman–Crippen MR) is 121 cm³/mol. The maximum atomic E-state index is 12.3. The van der Waals surface area contributed by atoms with E-state index in [-0.39, 0.29) is 24.1 Å². The molecule has 0 saturated carbocycles. The van der Waals surface area contributed by atoms with Crippen LogP contribution in [0, 0.1) is 0 Å². The van der Waals surface area contributed by atoms with Gasteiger partial charge in [0.05, 0.1) is 28.0 Å². The van der Waals surface area contributed by atoms with Crippen molar-refractivity contribution in [2.75, 3.05) is 24.7 Å². The van der Waals surface area contributed by atoms with Crippen molar-refractivity contribution in [3.05, 3.63) is 70.5 Å². The van der Waals surface area contributed by atoms with Crippen LogP contribution in [0.4, 0.5) is 5.69 Å². The molecule has 0 aliphatic rings. The molecule has 0 fully saturated rings. The molecule has 30 heavy (non-hydrogen) atoms. The molecule has 0 unspecified atom stereocenters. The van der Waals surface area contributed by atoms with Gasteiger partial charge >= 0.3 is 0 Å². The summed E-state index contributed by atoms with van der Waals surface area (Å²) in [5.41, 5.74) is 2.18. The lowest BCUT2D eigenvalue weighted by molar-refractivity contribution is -0.131. The summed E-state index contributed by atoms with van der Waals surface area (Å²) in [5, 5.41) is 3.44. The van der Waals surface area contributed by atoms with Gasteiger partial charge in [0.15, 0.2) is 0 Å². The number of halogens is 2. The van der Waals surface area contributed by atoms with E-state index in [1.54, 1.807) is 31.5 Å². The number of carbonyl (C=O) groups excluding carboxylic acids is 2. The van der Waals surface area contributed by atoms with E-state index in [0.29, 0.717) is 27.4 Å². The fourth-order valence-corrected chi connectivity index (χ4v) is 3.65. The molecule has 6 nitrogen and oxygen atoms in total. The highest BCUT2D eigenvalue weighted by molar-refractivity contribution is 7.99. The van der Waals surface area contributed by atoms with Gasteiger partial charge in [-0.25, -0.2) is 4.98 Å². The minimum Gasteiger partial charge on any atom is -0.444 e. The van der Waals surface area contributed by atoms with Crippen LogP contribution in [-0.4, -0.2) is 41.0 Å². The van der Waals surface area contributed by atoms with Gasteiger partial charge in [-0.15, -0.1) is 11.8 Å². The largest absolute Gasteiger partial charge is 0.444 e. The van der Waals surface area contributed by atoms with Crippen LogP contribution in [0.2, 0.25) is 10.0 Å². The normalized spacial score (nSPS) is 10.6. The molecule has 3 aromatic rings. The van der Waals surface area contributed by atoms with Gasteiger partial charge in [0.2, 0.25) is 17.7 Å². The van der Waals surface area contributed by atoms with Crippen LogP contribution in [-0.2, 0) is 15.3 Å². The van der Waals surface area contributed by atoms with Crippen LogP contribution in [0.5, 0.6) is 0 Å². The third kappa shape index (κ3) is 6.26. The van der Waals surface area contributed by atoms with E-state index in [9.17, 15) is 9.59 Å². The average Bonchev–Trinajstić information content (AvgIpc) is 3.20. The van der Waals surface area contributed by atoms with Crippen molar-refractivity contribution in [2.24, 2.45) is 0 Å². The fraction of sp³-hybridized carbons (Fsp3) is 0.190. The van der Waals surface area contributed by atoms with Gasteiger partial charge in [-0.05, 0) is 30.3 Å². The molecule has 1 aromatic heterocycles. The summed E-state index contributed by atoms with van der Waals surface area (Å²) in [5.74, 6) is 0.832. The summed E-state index contributed by atoms with van der Waals surface area (Å²) < 4.78 is 5.49. The molecule has 3 rings (SSSR count). The van der Waals surface area contributed by atoms with Gasteiger partial charge in [-0.1, -0.05) is 41.4 Å². The first-order valence-electron chi connectivity index (χ1n) is 8.99. The summed E-state index contributed by atoms with van der Waals surface area (Å²) in [7, 11) is 1.58. The van der Waals surface area contributed by atoms with Gasteiger partial charge in [-0.2, -0.15) is 0 Å². The number of anilines is 1. The van der Waals surface area contributed by atoms with Crippen LogP contribution in [0.3, 0.4) is 0 Å².